The van der Waals surface area contributed by atoms with Gasteiger partial charge in [-0.05, 0) is 37.6 Å². The Bertz CT molecular complexity index is 538. The maximum Gasteiger partial charge on any atom is 0.416 e. The van der Waals surface area contributed by atoms with Gasteiger partial charge in [-0.3, -0.25) is 4.79 Å². The summed E-state index contributed by atoms with van der Waals surface area (Å²) in [5.74, 6) is -0.605. The molecule has 0 saturated carbocycles. The van der Waals surface area contributed by atoms with E-state index < -0.39 is 17.7 Å². The van der Waals surface area contributed by atoms with Gasteiger partial charge in [0.2, 0.25) is 0 Å². The quantitative estimate of drug-likeness (QED) is 0.526. The minimum atomic E-state index is -4.44. The van der Waals surface area contributed by atoms with Crippen LogP contribution >= 0.6 is 0 Å². The van der Waals surface area contributed by atoms with E-state index in [1.54, 1.807) is 0 Å². The highest BCUT2D eigenvalue weighted by atomic mass is 19.4. The number of rotatable bonds is 4. The minimum absolute atomic E-state index is 0.0782. The Labute approximate surface area is 120 Å². The van der Waals surface area contributed by atoms with Gasteiger partial charge in [-0.2, -0.15) is 13.2 Å². The van der Waals surface area contributed by atoms with Crippen LogP contribution in [0, 0.1) is 0 Å². The molecule has 1 heterocycles. The molecule has 0 atom stereocenters. The molecule has 0 saturated heterocycles. The first-order valence-corrected chi connectivity index (χ1v) is 6.72. The third-order valence-corrected chi connectivity index (χ3v) is 3.15. The van der Waals surface area contributed by atoms with Crippen LogP contribution in [0.15, 0.2) is 35.9 Å². The first-order chi connectivity index (χ1) is 9.95. The smallest absolute Gasteiger partial charge is 0.416 e. The Hall–Kier alpha value is -1.82. The SMILES string of the molecule is O=C(CCC1=CCCNC1)Oc1cccc(C(F)(F)F)c1. The molecule has 1 aliphatic rings. The van der Waals surface area contributed by atoms with Crippen molar-refractivity contribution >= 4 is 5.97 Å². The van der Waals surface area contributed by atoms with Gasteiger partial charge < -0.3 is 10.1 Å². The molecule has 0 aliphatic carbocycles. The molecule has 0 spiro atoms. The maximum absolute atomic E-state index is 12.5. The fraction of sp³-hybridized carbons (Fsp3) is 0.400. The van der Waals surface area contributed by atoms with Gasteiger partial charge in [0.05, 0.1) is 5.56 Å². The molecule has 3 nitrogen and oxygen atoms in total. The highest BCUT2D eigenvalue weighted by Gasteiger charge is 2.30. The van der Waals surface area contributed by atoms with Crippen molar-refractivity contribution in [2.75, 3.05) is 13.1 Å². The molecular weight excluding hydrogens is 283 g/mol. The first-order valence-electron chi connectivity index (χ1n) is 6.72. The summed E-state index contributed by atoms with van der Waals surface area (Å²) < 4.78 is 42.6. The lowest BCUT2D eigenvalue weighted by Crippen LogP contribution is -2.22. The van der Waals surface area contributed by atoms with E-state index in [1.807, 2.05) is 0 Å². The van der Waals surface area contributed by atoms with Crippen molar-refractivity contribution in [3.05, 3.63) is 41.5 Å². The third-order valence-electron chi connectivity index (χ3n) is 3.15. The van der Waals surface area contributed by atoms with E-state index in [4.69, 9.17) is 4.74 Å². The first kappa shape index (κ1) is 15.6. The van der Waals surface area contributed by atoms with Crippen LogP contribution in [0.5, 0.6) is 5.75 Å². The average molecular weight is 299 g/mol. The summed E-state index contributed by atoms with van der Waals surface area (Å²) in [6, 6.07) is 4.34. The second kappa shape index (κ2) is 6.76. The molecule has 0 aromatic heterocycles. The van der Waals surface area contributed by atoms with E-state index in [0.717, 1.165) is 37.2 Å². The van der Waals surface area contributed by atoms with E-state index in [0.29, 0.717) is 6.42 Å². The molecule has 1 N–H and O–H groups in total. The summed E-state index contributed by atoms with van der Waals surface area (Å²) in [5, 5.41) is 3.19. The van der Waals surface area contributed by atoms with Crippen molar-refractivity contribution in [3.63, 3.8) is 0 Å². The highest BCUT2D eigenvalue weighted by Crippen LogP contribution is 2.31. The van der Waals surface area contributed by atoms with Gasteiger partial charge in [-0.25, -0.2) is 0 Å². The molecule has 1 aromatic carbocycles. The number of benzene rings is 1. The molecule has 0 bridgehead atoms. The predicted octanol–water partition coefficient (Wildman–Crippen LogP) is 3.31. The second-order valence-corrected chi connectivity index (χ2v) is 4.83. The van der Waals surface area contributed by atoms with E-state index in [2.05, 4.69) is 11.4 Å². The van der Waals surface area contributed by atoms with Crippen LogP contribution in [-0.2, 0) is 11.0 Å². The van der Waals surface area contributed by atoms with Crippen LogP contribution in [0.3, 0.4) is 0 Å². The third kappa shape index (κ3) is 4.90. The lowest BCUT2D eigenvalue weighted by atomic mass is 10.1. The second-order valence-electron chi connectivity index (χ2n) is 4.83. The van der Waals surface area contributed by atoms with Gasteiger partial charge in [-0.15, -0.1) is 0 Å². The van der Waals surface area contributed by atoms with E-state index in [9.17, 15) is 18.0 Å². The number of alkyl halides is 3. The van der Waals surface area contributed by atoms with E-state index in [1.165, 1.54) is 12.1 Å². The number of carbonyl (C=O) groups excluding carboxylic acids is 1. The fourth-order valence-electron chi connectivity index (χ4n) is 2.07. The number of halogens is 3. The molecule has 2 rings (SSSR count). The number of ether oxygens (including phenoxy) is 1. The molecule has 0 amide bonds. The van der Waals surface area contributed by atoms with Gasteiger partial charge in [0.15, 0.2) is 0 Å². The lowest BCUT2D eigenvalue weighted by molar-refractivity contribution is -0.139. The summed E-state index contributed by atoms with van der Waals surface area (Å²) in [4.78, 5) is 11.7. The molecule has 1 aromatic rings. The Morgan fingerprint density at radius 2 is 2.14 bits per heavy atom. The van der Waals surface area contributed by atoms with Crippen molar-refractivity contribution in [1.29, 1.82) is 0 Å². The van der Waals surface area contributed by atoms with Gasteiger partial charge in [0, 0.05) is 13.0 Å². The van der Waals surface area contributed by atoms with Crippen LogP contribution in [0.4, 0.5) is 13.2 Å². The Morgan fingerprint density at radius 1 is 1.33 bits per heavy atom. The van der Waals surface area contributed by atoms with Crippen LogP contribution < -0.4 is 10.1 Å². The summed E-state index contributed by atoms with van der Waals surface area (Å²) in [5.41, 5.74) is 0.300. The summed E-state index contributed by atoms with van der Waals surface area (Å²) in [6.07, 6.45) is -0.721. The van der Waals surface area contributed by atoms with Crippen LogP contribution in [0.1, 0.15) is 24.8 Å². The zero-order chi connectivity index (χ0) is 15.3. The van der Waals surface area contributed by atoms with Gasteiger partial charge in [0.25, 0.3) is 0 Å². The standard InChI is InChI=1S/C15H16F3NO2/c16-15(17,18)12-4-1-5-13(9-12)21-14(20)7-6-11-3-2-8-19-10-11/h1,3-5,9,19H,2,6-8,10H2. The summed E-state index contributed by atoms with van der Waals surface area (Å²) in [7, 11) is 0. The number of hydrogen-bond donors (Lipinski definition) is 1. The molecule has 0 radical (unpaired) electrons. The number of hydrogen-bond acceptors (Lipinski definition) is 3. The molecule has 6 heteroatoms. The molecular formula is C15H16F3NO2. The van der Waals surface area contributed by atoms with Gasteiger partial charge in [-0.1, -0.05) is 17.7 Å². The number of carbonyl (C=O) groups is 1. The minimum Gasteiger partial charge on any atom is -0.427 e. The zero-order valence-electron chi connectivity index (χ0n) is 11.4. The Kier molecular flexibility index (Phi) is 5.01. The fourth-order valence-corrected chi connectivity index (χ4v) is 2.07. The van der Waals surface area contributed by atoms with Crippen LogP contribution in [-0.4, -0.2) is 19.1 Å². The monoisotopic (exact) mass is 299 g/mol. The van der Waals surface area contributed by atoms with Crippen molar-refractivity contribution < 1.29 is 22.7 Å². The Balaban J connectivity index is 1.89. The van der Waals surface area contributed by atoms with Crippen molar-refractivity contribution in [2.24, 2.45) is 0 Å². The molecule has 1 aliphatic heterocycles. The molecule has 21 heavy (non-hydrogen) atoms. The lowest BCUT2D eigenvalue weighted by Gasteiger charge is -2.14. The van der Waals surface area contributed by atoms with Crippen molar-refractivity contribution in [2.45, 2.75) is 25.4 Å². The van der Waals surface area contributed by atoms with Crippen molar-refractivity contribution in [1.82, 2.24) is 5.32 Å². The molecule has 0 unspecified atom stereocenters. The molecule has 0 fully saturated rings. The maximum atomic E-state index is 12.5. The van der Waals surface area contributed by atoms with Crippen LogP contribution in [0.2, 0.25) is 0 Å². The average Bonchev–Trinajstić information content (AvgIpc) is 2.46. The Morgan fingerprint density at radius 3 is 2.81 bits per heavy atom. The molecule has 114 valence electrons. The normalized spacial score (nSPS) is 15.5. The van der Waals surface area contributed by atoms with Crippen molar-refractivity contribution in [3.8, 4) is 5.75 Å². The van der Waals surface area contributed by atoms with E-state index in [-0.39, 0.29) is 12.2 Å². The summed E-state index contributed by atoms with van der Waals surface area (Å²) >= 11 is 0. The number of nitrogens with one attached hydrogen (secondary N) is 1. The summed E-state index contributed by atoms with van der Waals surface area (Å²) in [6.45, 7) is 1.68. The number of esters is 1. The topological polar surface area (TPSA) is 38.3 Å². The largest absolute Gasteiger partial charge is 0.427 e. The zero-order valence-corrected chi connectivity index (χ0v) is 11.4. The van der Waals surface area contributed by atoms with Crippen LogP contribution in [0.25, 0.3) is 0 Å². The van der Waals surface area contributed by atoms with E-state index >= 15 is 0 Å². The highest BCUT2D eigenvalue weighted by molar-refractivity contribution is 5.72. The van der Waals surface area contributed by atoms with Gasteiger partial charge in [0.1, 0.15) is 5.75 Å². The van der Waals surface area contributed by atoms with Gasteiger partial charge >= 0.3 is 12.1 Å². The predicted molar refractivity (Wildman–Crippen MR) is 71.9 cm³/mol.